The van der Waals surface area contributed by atoms with Crippen LogP contribution in [0.4, 0.5) is 0 Å². The molecular formula is C11H23NO4. The smallest absolute Gasteiger partial charge is 0.320 e. The highest BCUT2D eigenvalue weighted by atomic mass is 16.7. The summed E-state index contributed by atoms with van der Waals surface area (Å²) in [6.45, 7) is 3.89. The van der Waals surface area contributed by atoms with Crippen molar-refractivity contribution in [3.63, 3.8) is 0 Å². The Kier molecular flexibility index (Phi) is 8.15. The zero-order valence-corrected chi connectivity index (χ0v) is 10.5. The van der Waals surface area contributed by atoms with E-state index in [1.54, 1.807) is 14.2 Å². The minimum atomic E-state index is -0.805. The van der Waals surface area contributed by atoms with Crippen LogP contribution in [0.1, 0.15) is 33.1 Å². The van der Waals surface area contributed by atoms with E-state index in [4.69, 9.17) is 14.6 Å². The highest BCUT2D eigenvalue weighted by molar-refractivity contribution is 5.73. The van der Waals surface area contributed by atoms with E-state index in [1.165, 1.54) is 0 Å². The number of methoxy groups -OCH3 is 2. The minimum absolute atomic E-state index is 0.0394. The van der Waals surface area contributed by atoms with Crippen LogP contribution in [0.15, 0.2) is 0 Å². The number of carboxylic acids is 1. The average Bonchev–Trinajstić information content (AvgIpc) is 2.25. The molecule has 0 aromatic carbocycles. The number of hydrogen-bond acceptors (Lipinski definition) is 4. The fraction of sp³-hybridized carbons (Fsp3) is 0.909. The fourth-order valence-electron chi connectivity index (χ4n) is 1.56. The zero-order chi connectivity index (χ0) is 12.6. The Balaban J connectivity index is 4.07. The largest absolute Gasteiger partial charge is 0.480 e. The summed E-state index contributed by atoms with van der Waals surface area (Å²) in [5.74, 6) is -0.805. The van der Waals surface area contributed by atoms with Crippen molar-refractivity contribution in [2.75, 3.05) is 14.2 Å². The van der Waals surface area contributed by atoms with Crippen LogP contribution in [0, 0.1) is 0 Å². The standard InChI is InChI=1S/C11H23NO4/c1-5-6-9(11(13)14)12-8(2)7-10(15-3)16-4/h8-10,12H,5-7H2,1-4H3,(H,13,14)/t8-,9?/m0/s1. The lowest BCUT2D eigenvalue weighted by molar-refractivity contribution is -0.140. The molecule has 0 bridgehead atoms. The first-order valence-electron chi connectivity index (χ1n) is 5.59. The van der Waals surface area contributed by atoms with E-state index in [1.807, 2.05) is 13.8 Å². The lowest BCUT2D eigenvalue weighted by Gasteiger charge is -2.23. The molecule has 0 rings (SSSR count). The summed E-state index contributed by atoms with van der Waals surface area (Å²) >= 11 is 0. The second-order valence-corrected chi connectivity index (χ2v) is 3.88. The second kappa shape index (κ2) is 8.50. The molecule has 0 aromatic heterocycles. The van der Waals surface area contributed by atoms with E-state index in [9.17, 15) is 4.79 Å². The van der Waals surface area contributed by atoms with Crippen molar-refractivity contribution >= 4 is 5.97 Å². The Bertz CT molecular complexity index is 194. The summed E-state index contributed by atoms with van der Waals surface area (Å²) in [6.07, 6.45) is 1.80. The van der Waals surface area contributed by atoms with Crippen molar-refractivity contribution in [2.45, 2.75) is 51.5 Å². The van der Waals surface area contributed by atoms with E-state index >= 15 is 0 Å². The fourth-order valence-corrected chi connectivity index (χ4v) is 1.56. The van der Waals surface area contributed by atoms with E-state index in [0.717, 1.165) is 6.42 Å². The molecule has 5 heteroatoms. The molecule has 0 fully saturated rings. The predicted octanol–water partition coefficient (Wildman–Crippen LogP) is 1.23. The molecule has 2 atom stereocenters. The molecule has 0 heterocycles. The van der Waals surface area contributed by atoms with Gasteiger partial charge in [0.2, 0.25) is 0 Å². The van der Waals surface area contributed by atoms with Crippen LogP contribution in [0.2, 0.25) is 0 Å². The molecule has 0 saturated heterocycles. The lowest BCUT2D eigenvalue weighted by Crippen LogP contribution is -2.43. The first kappa shape index (κ1) is 15.3. The Labute approximate surface area is 97.1 Å². The lowest BCUT2D eigenvalue weighted by atomic mass is 10.1. The van der Waals surface area contributed by atoms with Gasteiger partial charge in [-0.15, -0.1) is 0 Å². The number of ether oxygens (including phenoxy) is 2. The molecule has 0 amide bonds. The van der Waals surface area contributed by atoms with Crippen molar-refractivity contribution < 1.29 is 19.4 Å². The quantitative estimate of drug-likeness (QED) is 0.586. The van der Waals surface area contributed by atoms with Gasteiger partial charge in [-0.3, -0.25) is 4.79 Å². The van der Waals surface area contributed by atoms with Crippen LogP contribution in [-0.4, -0.2) is 43.7 Å². The number of nitrogens with one attached hydrogen (secondary N) is 1. The van der Waals surface area contributed by atoms with Gasteiger partial charge >= 0.3 is 5.97 Å². The maximum absolute atomic E-state index is 10.9. The van der Waals surface area contributed by atoms with Crippen molar-refractivity contribution in [2.24, 2.45) is 0 Å². The third-order valence-electron chi connectivity index (χ3n) is 2.43. The number of rotatable bonds is 9. The zero-order valence-electron chi connectivity index (χ0n) is 10.5. The van der Waals surface area contributed by atoms with Crippen molar-refractivity contribution in [3.05, 3.63) is 0 Å². The molecule has 5 nitrogen and oxygen atoms in total. The molecule has 16 heavy (non-hydrogen) atoms. The highest BCUT2D eigenvalue weighted by Crippen LogP contribution is 2.05. The molecule has 0 aromatic rings. The van der Waals surface area contributed by atoms with Crippen LogP contribution in [0.25, 0.3) is 0 Å². The third-order valence-corrected chi connectivity index (χ3v) is 2.43. The molecule has 96 valence electrons. The first-order chi connectivity index (χ1) is 7.54. The van der Waals surface area contributed by atoms with Gasteiger partial charge in [-0.05, 0) is 13.3 Å². The highest BCUT2D eigenvalue weighted by Gasteiger charge is 2.20. The molecule has 0 aliphatic carbocycles. The monoisotopic (exact) mass is 233 g/mol. The molecule has 0 radical (unpaired) electrons. The molecule has 1 unspecified atom stereocenters. The minimum Gasteiger partial charge on any atom is -0.480 e. The van der Waals surface area contributed by atoms with Crippen LogP contribution < -0.4 is 5.32 Å². The first-order valence-corrected chi connectivity index (χ1v) is 5.59. The van der Waals surface area contributed by atoms with Gasteiger partial charge in [-0.1, -0.05) is 13.3 Å². The molecular weight excluding hydrogens is 210 g/mol. The van der Waals surface area contributed by atoms with Crippen molar-refractivity contribution in [3.8, 4) is 0 Å². The summed E-state index contributed by atoms with van der Waals surface area (Å²) in [6, 6.07) is -0.452. The van der Waals surface area contributed by atoms with Gasteiger partial charge in [0.25, 0.3) is 0 Å². The van der Waals surface area contributed by atoms with Crippen molar-refractivity contribution in [1.82, 2.24) is 5.32 Å². The Morgan fingerprint density at radius 2 is 1.94 bits per heavy atom. The van der Waals surface area contributed by atoms with E-state index < -0.39 is 12.0 Å². The summed E-state index contributed by atoms with van der Waals surface area (Å²) in [7, 11) is 3.14. The average molecular weight is 233 g/mol. The molecule has 0 aliphatic heterocycles. The Morgan fingerprint density at radius 3 is 2.31 bits per heavy atom. The van der Waals surface area contributed by atoms with Gasteiger partial charge < -0.3 is 19.9 Å². The van der Waals surface area contributed by atoms with E-state index in [2.05, 4.69) is 5.32 Å². The molecule has 0 saturated carbocycles. The Hall–Kier alpha value is -0.650. The van der Waals surface area contributed by atoms with E-state index in [-0.39, 0.29) is 12.3 Å². The van der Waals surface area contributed by atoms with Crippen LogP contribution in [0.5, 0.6) is 0 Å². The van der Waals surface area contributed by atoms with Gasteiger partial charge in [-0.2, -0.15) is 0 Å². The maximum atomic E-state index is 10.9. The number of hydrogen-bond donors (Lipinski definition) is 2. The summed E-state index contributed by atoms with van der Waals surface area (Å²) in [5.41, 5.74) is 0. The van der Waals surface area contributed by atoms with Crippen LogP contribution >= 0.6 is 0 Å². The summed E-state index contributed by atoms with van der Waals surface area (Å²) < 4.78 is 10.1. The van der Waals surface area contributed by atoms with E-state index in [0.29, 0.717) is 12.8 Å². The normalized spacial score (nSPS) is 15.1. The van der Waals surface area contributed by atoms with Gasteiger partial charge in [0.05, 0.1) is 0 Å². The number of carboxylic acid groups (broad SMARTS) is 1. The van der Waals surface area contributed by atoms with Gasteiger partial charge in [0.1, 0.15) is 6.04 Å². The molecule has 0 spiro atoms. The maximum Gasteiger partial charge on any atom is 0.320 e. The van der Waals surface area contributed by atoms with Crippen molar-refractivity contribution in [1.29, 1.82) is 0 Å². The van der Waals surface area contributed by atoms with Gasteiger partial charge in [-0.25, -0.2) is 0 Å². The Morgan fingerprint density at radius 1 is 1.38 bits per heavy atom. The summed E-state index contributed by atoms with van der Waals surface area (Å²) in [5, 5.41) is 12.0. The topological polar surface area (TPSA) is 67.8 Å². The van der Waals surface area contributed by atoms with Gasteiger partial charge in [0, 0.05) is 26.7 Å². The van der Waals surface area contributed by atoms with Crippen LogP contribution in [-0.2, 0) is 14.3 Å². The van der Waals surface area contributed by atoms with Crippen LogP contribution in [0.3, 0.4) is 0 Å². The second-order valence-electron chi connectivity index (χ2n) is 3.88. The molecule has 2 N–H and O–H groups in total. The van der Waals surface area contributed by atoms with Gasteiger partial charge in [0.15, 0.2) is 6.29 Å². The predicted molar refractivity (Wildman–Crippen MR) is 61.4 cm³/mol. The third kappa shape index (κ3) is 6.05. The number of aliphatic carboxylic acids is 1. The molecule has 0 aliphatic rings. The SMILES string of the molecule is CCCC(N[C@@H](C)CC(OC)OC)C(=O)O. The number of carbonyl (C=O) groups is 1. The summed E-state index contributed by atoms with van der Waals surface area (Å²) in [4.78, 5) is 10.9.